The fourth-order valence-corrected chi connectivity index (χ4v) is 5.74. The van der Waals surface area contributed by atoms with Crippen molar-refractivity contribution in [3.05, 3.63) is 130 Å². The first kappa shape index (κ1) is 25.5. The summed E-state index contributed by atoms with van der Waals surface area (Å²) in [7, 11) is -4.04. The molecular weight excluding hydrogens is 492 g/mol. The standard InChI is InChI=1S/C29H27ClN2O3S/c1-21-13-16-26(17-14-21)36(34,35)32(27-18-15-25(30)19-22(27)2)20-28(33)31-29(23-9-5-3-6-10-23)24-11-7-4-8-12-24/h3-19,29H,20H2,1-2H3,(H,31,33). The number of hydrogen-bond donors (Lipinski definition) is 1. The van der Waals surface area contributed by atoms with Crippen molar-refractivity contribution in [2.24, 2.45) is 0 Å². The summed E-state index contributed by atoms with van der Waals surface area (Å²) in [5.41, 5.74) is 3.77. The van der Waals surface area contributed by atoms with Crippen LogP contribution < -0.4 is 9.62 Å². The van der Waals surface area contributed by atoms with E-state index in [1.54, 1.807) is 49.4 Å². The number of nitrogens with one attached hydrogen (secondary N) is 1. The van der Waals surface area contributed by atoms with Crippen LogP contribution in [0, 0.1) is 13.8 Å². The van der Waals surface area contributed by atoms with Crippen LogP contribution in [0.5, 0.6) is 0 Å². The fourth-order valence-electron chi connectivity index (χ4n) is 4.02. The molecule has 0 bridgehead atoms. The van der Waals surface area contributed by atoms with E-state index in [1.165, 1.54) is 0 Å². The number of anilines is 1. The lowest BCUT2D eigenvalue weighted by molar-refractivity contribution is -0.120. The van der Waals surface area contributed by atoms with Crippen molar-refractivity contribution in [2.75, 3.05) is 10.8 Å². The van der Waals surface area contributed by atoms with Crippen LogP contribution in [0.1, 0.15) is 28.3 Å². The molecule has 36 heavy (non-hydrogen) atoms. The van der Waals surface area contributed by atoms with E-state index in [0.29, 0.717) is 16.3 Å². The van der Waals surface area contributed by atoms with Crippen LogP contribution in [0.4, 0.5) is 5.69 Å². The Kier molecular flexibility index (Phi) is 7.77. The summed E-state index contributed by atoms with van der Waals surface area (Å²) in [6, 6.07) is 30.2. The summed E-state index contributed by atoms with van der Waals surface area (Å²) in [5, 5.41) is 3.53. The third kappa shape index (κ3) is 5.78. The molecule has 0 heterocycles. The smallest absolute Gasteiger partial charge is 0.264 e. The molecule has 0 aromatic heterocycles. The Bertz CT molecular complexity index is 1400. The summed E-state index contributed by atoms with van der Waals surface area (Å²) in [6.45, 7) is 3.26. The number of benzene rings is 4. The number of rotatable bonds is 8. The Hall–Kier alpha value is -3.61. The third-order valence-electron chi connectivity index (χ3n) is 5.89. The summed E-state index contributed by atoms with van der Waals surface area (Å²) in [6.07, 6.45) is 0. The largest absolute Gasteiger partial charge is 0.344 e. The first-order chi connectivity index (χ1) is 17.3. The van der Waals surface area contributed by atoms with E-state index < -0.39 is 28.5 Å². The molecule has 0 saturated heterocycles. The van der Waals surface area contributed by atoms with E-state index >= 15 is 0 Å². The zero-order chi connectivity index (χ0) is 25.7. The minimum atomic E-state index is -4.04. The number of halogens is 1. The second-order valence-corrected chi connectivity index (χ2v) is 10.9. The number of carbonyl (C=O) groups is 1. The van der Waals surface area contributed by atoms with Crippen molar-refractivity contribution >= 4 is 33.2 Å². The van der Waals surface area contributed by atoms with Gasteiger partial charge in [-0.25, -0.2) is 8.42 Å². The fraction of sp³-hybridized carbons (Fsp3) is 0.138. The molecule has 4 rings (SSSR count). The molecule has 0 radical (unpaired) electrons. The number of aryl methyl sites for hydroxylation is 2. The van der Waals surface area contributed by atoms with E-state index in [0.717, 1.165) is 21.0 Å². The molecular formula is C29H27ClN2O3S. The Morgan fingerprint density at radius 2 is 1.39 bits per heavy atom. The van der Waals surface area contributed by atoms with Gasteiger partial charge in [-0.1, -0.05) is 90.0 Å². The zero-order valence-corrected chi connectivity index (χ0v) is 21.6. The normalized spacial score (nSPS) is 11.3. The molecule has 5 nitrogen and oxygen atoms in total. The molecule has 0 aliphatic carbocycles. The highest BCUT2D eigenvalue weighted by Crippen LogP contribution is 2.29. The van der Waals surface area contributed by atoms with E-state index in [-0.39, 0.29) is 4.90 Å². The van der Waals surface area contributed by atoms with Gasteiger partial charge in [0.15, 0.2) is 0 Å². The van der Waals surface area contributed by atoms with Gasteiger partial charge in [-0.2, -0.15) is 0 Å². The molecule has 4 aromatic carbocycles. The minimum absolute atomic E-state index is 0.109. The van der Waals surface area contributed by atoms with Gasteiger partial charge in [-0.15, -0.1) is 0 Å². The Morgan fingerprint density at radius 3 is 1.92 bits per heavy atom. The van der Waals surface area contributed by atoms with Crippen molar-refractivity contribution in [1.29, 1.82) is 0 Å². The van der Waals surface area contributed by atoms with Crippen LogP contribution in [0.2, 0.25) is 5.02 Å². The first-order valence-corrected chi connectivity index (χ1v) is 13.3. The van der Waals surface area contributed by atoms with E-state index in [4.69, 9.17) is 11.6 Å². The molecule has 184 valence electrons. The monoisotopic (exact) mass is 518 g/mol. The van der Waals surface area contributed by atoms with Crippen molar-refractivity contribution in [3.63, 3.8) is 0 Å². The first-order valence-electron chi connectivity index (χ1n) is 11.5. The van der Waals surface area contributed by atoms with Gasteiger partial charge in [0, 0.05) is 5.02 Å². The molecule has 0 aliphatic heterocycles. The van der Waals surface area contributed by atoms with Crippen LogP contribution in [-0.2, 0) is 14.8 Å². The Morgan fingerprint density at radius 1 is 0.833 bits per heavy atom. The summed E-state index contributed by atoms with van der Waals surface area (Å²) >= 11 is 6.13. The van der Waals surface area contributed by atoms with Gasteiger partial charge in [0.1, 0.15) is 6.54 Å². The van der Waals surface area contributed by atoms with Crippen molar-refractivity contribution in [1.82, 2.24) is 5.32 Å². The van der Waals surface area contributed by atoms with Crippen LogP contribution in [0.25, 0.3) is 0 Å². The topological polar surface area (TPSA) is 66.5 Å². The van der Waals surface area contributed by atoms with Gasteiger partial charge in [0.25, 0.3) is 10.0 Å². The van der Waals surface area contributed by atoms with Crippen LogP contribution in [-0.4, -0.2) is 20.9 Å². The lowest BCUT2D eigenvalue weighted by atomic mass is 9.99. The Balaban J connectivity index is 1.71. The molecule has 4 aromatic rings. The highest BCUT2D eigenvalue weighted by molar-refractivity contribution is 7.92. The zero-order valence-electron chi connectivity index (χ0n) is 20.1. The van der Waals surface area contributed by atoms with E-state index in [9.17, 15) is 13.2 Å². The maximum absolute atomic E-state index is 13.8. The Labute approximate surface area is 217 Å². The number of nitrogens with zero attached hydrogens (tertiary/aromatic N) is 1. The highest BCUT2D eigenvalue weighted by atomic mass is 35.5. The number of carbonyl (C=O) groups excluding carboxylic acids is 1. The summed E-state index contributed by atoms with van der Waals surface area (Å²) in [5.74, 6) is -0.433. The maximum Gasteiger partial charge on any atom is 0.264 e. The third-order valence-corrected chi connectivity index (χ3v) is 7.90. The second kappa shape index (κ2) is 11.0. The molecule has 1 amide bonds. The van der Waals surface area contributed by atoms with Gasteiger partial charge < -0.3 is 5.32 Å². The average Bonchev–Trinajstić information content (AvgIpc) is 2.87. The molecule has 0 atom stereocenters. The van der Waals surface area contributed by atoms with Gasteiger partial charge in [0.05, 0.1) is 16.6 Å². The van der Waals surface area contributed by atoms with Gasteiger partial charge in [0.2, 0.25) is 5.91 Å². The van der Waals surface area contributed by atoms with Crippen molar-refractivity contribution in [2.45, 2.75) is 24.8 Å². The summed E-state index contributed by atoms with van der Waals surface area (Å²) in [4.78, 5) is 13.6. The molecule has 1 N–H and O–H groups in total. The molecule has 0 unspecified atom stereocenters. The van der Waals surface area contributed by atoms with Gasteiger partial charge >= 0.3 is 0 Å². The maximum atomic E-state index is 13.8. The second-order valence-electron chi connectivity index (χ2n) is 8.58. The quantitative estimate of drug-likeness (QED) is 0.308. The van der Waals surface area contributed by atoms with Crippen molar-refractivity contribution in [3.8, 4) is 0 Å². The predicted molar refractivity (Wildman–Crippen MR) is 145 cm³/mol. The molecule has 0 saturated carbocycles. The number of sulfonamides is 1. The van der Waals surface area contributed by atoms with Crippen LogP contribution in [0.3, 0.4) is 0 Å². The van der Waals surface area contributed by atoms with Gasteiger partial charge in [-0.3, -0.25) is 9.10 Å². The molecule has 0 aliphatic rings. The highest BCUT2D eigenvalue weighted by Gasteiger charge is 2.29. The average molecular weight is 519 g/mol. The number of hydrogen-bond acceptors (Lipinski definition) is 3. The number of amides is 1. The lowest BCUT2D eigenvalue weighted by Gasteiger charge is -2.27. The minimum Gasteiger partial charge on any atom is -0.344 e. The van der Waals surface area contributed by atoms with Crippen molar-refractivity contribution < 1.29 is 13.2 Å². The molecule has 0 fully saturated rings. The van der Waals surface area contributed by atoms with Gasteiger partial charge in [-0.05, 0) is 60.9 Å². The predicted octanol–water partition coefficient (Wildman–Crippen LogP) is 6.06. The van der Waals surface area contributed by atoms with E-state index in [2.05, 4.69) is 5.32 Å². The summed E-state index contributed by atoms with van der Waals surface area (Å²) < 4.78 is 28.7. The van der Waals surface area contributed by atoms with Crippen LogP contribution in [0.15, 0.2) is 108 Å². The molecule has 7 heteroatoms. The lowest BCUT2D eigenvalue weighted by Crippen LogP contribution is -2.42. The SMILES string of the molecule is Cc1ccc(S(=O)(=O)N(CC(=O)NC(c2ccccc2)c2ccccc2)c2ccc(Cl)cc2C)cc1. The van der Waals surface area contributed by atoms with Crippen LogP contribution >= 0.6 is 11.6 Å². The van der Waals surface area contributed by atoms with E-state index in [1.807, 2.05) is 67.6 Å². The molecule has 0 spiro atoms.